The van der Waals surface area contributed by atoms with Gasteiger partial charge in [-0.1, -0.05) is 0 Å². The Morgan fingerprint density at radius 3 is 2.06 bits per heavy atom. The van der Waals surface area contributed by atoms with Gasteiger partial charge in [-0.2, -0.15) is 10.5 Å². The summed E-state index contributed by atoms with van der Waals surface area (Å²) >= 11 is 0. The lowest BCUT2D eigenvalue weighted by molar-refractivity contribution is 0.246. The lowest BCUT2D eigenvalue weighted by atomic mass is 9.93. The minimum absolute atomic E-state index is 0.211. The molecule has 5 heteroatoms. The largest absolute Gasteiger partial charge is 0.330 e. The van der Waals surface area contributed by atoms with Crippen LogP contribution in [0, 0.1) is 22.7 Å². The van der Waals surface area contributed by atoms with E-state index in [4.69, 9.17) is 22.0 Å². The minimum atomic E-state index is -0.211. The van der Waals surface area contributed by atoms with Crippen molar-refractivity contribution in [1.82, 2.24) is 4.90 Å². The van der Waals surface area contributed by atoms with Crippen LogP contribution in [0.1, 0.15) is 39.0 Å². The van der Waals surface area contributed by atoms with Gasteiger partial charge in [-0.15, -0.1) is 0 Å². The Labute approximate surface area is 110 Å². The third kappa shape index (κ3) is 8.95. The fourth-order valence-corrected chi connectivity index (χ4v) is 1.80. The molecule has 0 aliphatic rings. The van der Waals surface area contributed by atoms with Crippen molar-refractivity contribution in [3.8, 4) is 12.1 Å². The molecule has 0 aliphatic carbocycles. The average Bonchev–Trinajstić information content (AvgIpc) is 2.35. The van der Waals surface area contributed by atoms with Crippen LogP contribution < -0.4 is 11.5 Å². The van der Waals surface area contributed by atoms with Crippen LogP contribution in [0.2, 0.25) is 0 Å². The van der Waals surface area contributed by atoms with Gasteiger partial charge in [0.2, 0.25) is 0 Å². The second kappa shape index (κ2) is 9.85. The Balaban J connectivity index is 4.07. The predicted molar refractivity (Wildman–Crippen MR) is 72.4 cm³/mol. The van der Waals surface area contributed by atoms with Crippen LogP contribution in [0.4, 0.5) is 0 Å². The highest BCUT2D eigenvalue weighted by molar-refractivity contribution is 4.82. The van der Waals surface area contributed by atoms with E-state index in [1.54, 1.807) is 0 Å². The number of nitrogens with zero attached hydrogens (tertiary/aromatic N) is 3. The van der Waals surface area contributed by atoms with Gasteiger partial charge in [-0.25, -0.2) is 0 Å². The summed E-state index contributed by atoms with van der Waals surface area (Å²) in [6.07, 6.45) is 3.70. The standard InChI is InChI=1S/C13H25N5/c1-13(17,5-2-7-14)6-12-18(10-3-8-15)11-4-9-16/h2-7,10-12,14,17H2,1H3. The molecule has 0 rings (SSSR count). The number of nitrogens with two attached hydrogens (primary N) is 2. The maximum Gasteiger partial charge on any atom is 0.0635 e. The molecule has 102 valence electrons. The molecular formula is C13H25N5. The summed E-state index contributed by atoms with van der Waals surface area (Å²) in [6, 6.07) is 4.27. The monoisotopic (exact) mass is 251 g/mol. The van der Waals surface area contributed by atoms with Crippen molar-refractivity contribution < 1.29 is 0 Å². The molecule has 0 amide bonds. The van der Waals surface area contributed by atoms with E-state index in [0.29, 0.717) is 32.5 Å². The van der Waals surface area contributed by atoms with E-state index in [0.717, 1.165) is 25.8 Å². The second-order valence-corrected chi connectivity index (χ2v) is 4.95. The minimum Gasteiger partial charge on any atom is -0.330 e. The maximum absolute atomic E-state index is 8.60. The van der Waals surface area contributed by atoms with Crippen LogP contribution in [0.3, 0.4) is 0 Å². The average molecular weight is 251 g/mol. The first kappa shape index (κ1) is 16.9. The number of hydrogen-bond acceptors (Lipinski definition) is 5. The molecule has 0 radical (unpaired) electrons. The van der Waals surface area contributed by atoms with E-state index in [1.807, 2.05) is 6.92 Å². The lowest BCUT2D eigenvalue weighted by Gasteiger charge is -2.28. The molecule has 4 N–H and O–H groups in total. The first-order chi connectivity index (χ1) is 8.55. The van der Waals surface area contributed by atoms with Gasteiger partial charge in [-0.3, -0.25) is 0 Å². The van der Waals surface area contributed by atoms with Gasteiger partial charge in [0.25, 0.3) is 0 Å². The normalized spacial score (nSPS) is 13.9. The summed E-state index contributed by atoms with van der Waals surface area (Å²) in [4.78, 5) is 2.14. The van der Waals surface area contributed by atoms with Gasteiger partial charge < -0.3 is 16.4 Å². The molecule has 0 heterocycles. The summed E-state index contributed by atoms with van der Waals surface area (Å²) in [5.74, 6) is 0. The van der Waals surface area contributed by atoms with Gasteiger partial charge in [0.05, 0.1) is 12.1 Å². The van der Waals surface area contributed by atoms with Crippen molar-refractivity contribution in [2.24, 2.45) is 11.5 Å². The summed E-state index contributed by atoms with van der Waals surface area (Å²) in [7, 11) is 0. The predicted octanol–water partition coefficient (Wildman–Crippen LogP) is 0.962. The lowest BCUT2D eigenvalue weighted by Crippen LogP contribution is -2.41. The third-order valence-corrected chi connectivity index (χ3v) is 3.03. The molecule has 1 atom stereocenters. The molecule has 0 aromatic carbocycles. The zero-order chi connectivity index (χ0) is 13.9. The molecule has 0 aromatic heterocycles. The van der Waals surface area contributed by atoms with Gasteiger partial charge >= 0.3 is 0 Å². The number of rotatable bonds is 10. The number of hydrogen-bond donors (Lipinski definition) is 2. The van der Waals surface area contributed by atoms with Gasteiger partial charge in [-0.05, 0) is 39.3 Å². The zero-order valence-electron chi connectivity index (χ0n) is 11.4. The summed E-state index contributed by atoms with van der Waals surface area (Å²) < 4.78 is 0. The van der Waals surface area contributed by atoms with Gasteiger partial charge in [0.15, 0.2) is 0 Å². The quantitative estimate of drug-likeness (QED) is 0.602. The van der Waals surface area contributed by atoms with Crippen molar-refractivity contribution in [3.05, 3.63) is 0 Å². The van der Waals surface area contributed by atoms with E-state index in [1.165, 1.54) is 0 Å². The summed E-state index contributed by atoms with van der Waals surface area (Å²) in [5, 5.41) is 17.2. The van der Waals surface area contributed by atoms with E-state index in [2.05, 4.69) is 17.0 Å². The SMILES string of the molecule is CC(N)(CCCN)CCN(CCC#N)CCC#N. The summed E-state index contributed by atoms with van der Waals surface area (Å²) in [6.45, 7) is 4.96. The van der Waals surface area contributed by atoms with Crippen molar-refractivity contribution in [2.45, 2.75) is 44.6 Å². The third-order valence-electron chi connectivity index (χ3n) is 3.03. The van der Waals surface area contributed by atoms with E-state index < -0.39 is 0 Å². The summed E-state index contributed by atoms with van der Waals surface area (Å²) in [5.41, 5.74) is 11.5. The van der Waals surface area contributed by atoms with Crippen LogP contribution in [-0.2, 0) is 0 Å². The highest BCUT2D eigenvalue weighted by atomic mass is 15.1. The molecule has 0 aromatic rings. The molecular weight excluding hydrogens is 226 g/mol. The Kier molecular flexibility index (Phi) is 9.22. The van der Waals surface area contributed by atoms with E-state index in [9.17, 15) is 0 Å². The molecule has 0 fully saturated rings. The Bertz CT molecular complexity index is 269. The topological polar surface area (TPSA) is 103 Å². The molecule has 18 heavy (non-hydrogen) atoms. The van der Waals surface area contributed by atoms with Gasteiger partial charge in [0.1, 0.15) is 0 Å². The Morgan fingerprint density at radius 1 is 1.06 bits per heavy atom. The van der Waals surface area contributed by atoms with Crippen molar-refractivity contribution in [2.75, 3.05) is 26.2 Å². The van der Waals surface area contributed by atoms with Crippen LogP contribution in [-0.4, -0.2) is 36.6 Å². The van der Waals surface area contributed by atoms with Gasteiger partial charge in [0, 0.05) is 31.5 Å². The molecule has 0 saturated carbocycles. The Hall–Kier alpha value is -1.14. The van der Waals surface area contributed by atoms with Crippen LogP contribution in [0.5, 0.6) is 0 Å². The molecule has 1 unspecified atom stereocenters. The molecule has 0 spiro atoms. The number of nitriles is 2. The highest BCUT2D eigenvalue weighted by Crippen LogP contribution is 2.14. The van der Waals surface area contributed by atoms with Crippen molar-refractivity contribution in [3.63, 3.8) is 0 Å². The zero-order valence-corrected chi connectivity index (χ0v) is 11.4. The first-order valence-corrected chi connectivity index (χ1v) is 6.51. The molecule has 0 aliphatic heterocycles. The second-order valence-electron chi connectivity index (χ2n) is 4.95. The van der Waals surface area contributed by atoms with E-state index >= 15 is 0 Å². The molecule has 0 saturated heterocycles. The fourth-order valence-electron chi connectivity index (χ4n) is 1.80. The highest BCUT2D eigenvalue weighted by Gasteiger charge is 2.18. The van der Waals surface area contributed by atoms with Crippen LogP contribution in [0.15, 0.2) is 0 Å². The molecule has 5 nitrogen and oxygen atoms in total. The smallest absolute Gasteiger partial charge is 0.0635 e. The Morgan fingerprint density at radius 2 is 1.61 bits per heavy atom. The maximum atomic E-state index is 8.60. The van der Waals surface area contributed by atoms with Crippen molar-refractivity contribution >= 4 is 0 Å². The van der Waals surface area contributed by atoms with E-state index in [-0.39, 0.29) is 5.54 Å². The van der Waals surface area contributed by atoms with Crippen LogP contribution >= 0.6 is 0 Å². The fraction of sp³-hybridized carbons (Fsp3) is 0.846. The van der Waals surface area contributed by atoms with Crippen molar-refractivity contribution in [1.29, 1.82) is 10.5 Å². The van der Waals surface area contributed by atoms with Crippen LogP contribution in [0.25, 0.3) is 0 Å². The molecule has 0 bridgehead atoms. The first-order valence-electron chi connectivity index (χ1n) is 6.51.